The van der Waals surface area contributed by atoms with Gasteiger partial charge in [0.15, 0.2) is 0 Å². The van der Waals surface area contributed by atoms with Crippen LogP contribution in [0.2, 0.25) is 0 Å². The summed E-state index contributed by atoms with van der Waals surface area (Å²) >= 11 is 0. The maximum Gasteiger partial charge on any atom is 0.0387 e. The van der Waals surface area contributed by atoms with E-state index in [1.54, 1.807) is 6.08 Å². The van der Waals surface area contributed by atoms with Crippen LogP contribution >= 0.6 is 0 Å². The van der Waals surface area contributed by atoms with E-state index in [1.807, 2.05) is 12.2 Å². The second-order valence-electron chi connectivity index (χ2n) is 6.41. The minimum Gasteiger partial charge on any atom is -0.356 e. The van der Waals surface area contributed by atoms with Gasteiger partial charge in [0.2, 0.25) is 0 Å². The number of fused-ring (bicyclic) bond motifs is 2. The summed E-state index contributed by atoms with van der Waals surface area (Å²) in [5, 5.41) is 3.41. The Morgan fingerprint density at radius 3 is 2.86 bits per heavy atom. The van der Waals surface area contributed by atoms with E-state index in [0.717, 1.165) is 24.2 Å². The van der Waals surface area contributed by atoms with Crippen molar-refractivity contribution < 1.29 is 1.43 Å². The summed E-state index contributed by atoms with van der Waals surface area (Å²) in [4.78, 5) is 0. The van der Waals surface area contributed by atoms with Crippen molar-refractivity contribution in [2.45, 2.75) is 32.1 Å². The first-order chi connectivity index (χ1) is 10.6. The Morgan fingerprint density at radius 1 is 1.32 bits per heavy atom. The molecule has 114 valence electrons. The van der Waals surface area contributed by atoms with Gasteiger partial charge in [-0.1, -0.05) is 51.3 Å². The molecule has 0 saturated heterocycles. The largest absolute Gasteiger partial charge is 0.356 e. The number of nitrogens with one attached hydrogen (secondary N) is 1. The van der Waals surface area contributed by atoms with E-state index in [4.69, 9.17) is 0 Å². The molecule has 0 saturated carbocycles. The molecule has 1 aromatic carbocycles. The first-order valence-electron chi connectivity index (χ1n) is 7.85. The zero-order chi connectivity index (χ0) is 15.7. The normalized spacial score (nSPS) is 18.7. The molecule has 1 N–H and O–H groups in total. The monoisotopic (exact) mass is 291 g/mol. The van der Waals surface area contributed by atoms with Crippen LogP contribution in [0.5, 0.6) is 0 Å². The molecule has 1 aromatic rings. The molecular weight excluding hydrogens is 266 g/mol. The Hall–Kier alpha value is -2.28. The third-order valence-corrected chi connectivity index (χ3v) is 4.67. The average Bonchev–Trinajstić information content (AvgIpc) is 2.76. The molecule has 1 nitrogen and oxygen atoms in total. The summed E-state index contributed by atoms with van der Waals surface area (Å²) in [5.74, 6) is 0. The minimum atomic E-state index is 0. The summed E-state index contributed by atoms with van der Waals surface area (Å²) < 4.78 is 0. The quantitative estimate of drug-likeness (QED) is 0.671. The molecule has 0 fully saturated rings. The van der Waals surface area contributed by atoms with Crippen molar-refractivity contribution in [1.29, 1.82) is 0 Å². The second kappa shape index (κ2) is 5.49. The van der Waals surface area contributed by atoms with Gasteiger partial charge in [0.05, 0.1) is 0 Å². The molecule has 3 rings (SSSR count). The van der Waals surface area contributed by atoms with Gasteiger partial charge in [-0.05, 0) is 59.4 Å². The number of hydrogen-bond donors (Lipinski definition) is 1. The second-order valence-corrected chi connectivity index (χ2v) is 6.41. The van der Waals surface area contributed by atoms with Crippen LogP contribution in [-0.4, -0.2) is 0 Å². The predicted octanol–water partition coefficient (Wildman–Crippen LogP) is 6.00. The Bertz CT molecular complexity index is 732. The van der Waals surface area contributed by atoms with Crippen LogP contribution in [0.25, 0.3) is 5.57 Å². The number of allylic oxidation sites excluding steroid dienone is 7. The summed E-state index contributed by atoms with van der Waals surface area (Å²) in [6.45, 7) is 12.2. The van der Waals surface area contributed by atoms with Crippen LogP contribution < -0.4 is 5.32 Å². The standard InChI is InChI=1S/C21H23N.H2/c1-5-9-15(6-2)22-16-12-13-18-17-10-7-8-11-19(17)21(3,4)20(18)14-16;/h5-6,8-9,11-14,22H,1-2,7,10H2,3-4H3;1H/b15-9+;. The van der Waals surface area contributed by atoms with Gasteiger partial charge in [-0.3, -0.25) is 0 Å². The van der Waals surface area contributed by atoms with Crippen molar-refractivity contribution >= 4 is 11.3 Å². The fourth-order valence-electron chi connectivity index (χ4n) is 3.53. The first kappa shape index (κ1) is 14.6. The van der Waals surface area contributed by atoms with E-state index in [2.05, 4.69) is 62.7 Å². The lowest BCUT2D eigenvalue weighted by atomic mass is 9.80. The van der Waals surface area contributed by atoms with Crippen molar-refractivity contribution in [3.05, 3.63) is 84.1 Å². The third kappa shape index (κ3) is 2.27. The lowest BCUT2D eigenvalue weighted by molar-refractivity contribution is 0.651. The molecule has 0 heterocycles. The highest BCUT2D eigenvalue weighted by Crippen LogP contribution is 2.50. The molecule has 0 aromatic heterocycles. The van der Waals surface area contributed by atoms with Crippen LogP contribution in [0.4, 0.5) is 5.69 Å². The zero-order valence-electron chi connectivity index (χ0n) is 13.4. The van der Waals surface area contributed by atoms with E-state index in [-0.39, 0.29) is 6.84 Å². The molecular formula is C21H25N. The van der Waals surface area contributed by atoms with E-state index in [0.29, 0.717) is 0 Å². The fraction of sp³-hybridized carbons (Fsp3) is 0.238. The summed E-state index contributed by atoms with van der Waals surface area (Å²) in [5.41, 5.74) is 7.98. The van der Waals surface area contributed by atoms with Crippen molar-refractivity contribution in [3.63, 3.8) is 0 Å². The number of hydrogen-bond acceptors (Lipinski definition) is 1. The Labute approximate surface area is 134 Å². The molecule has 0 radical (unpaired) electrons. The topological polar surface area (TPSA) is 12.0 Å². The van der Waals surface area contributed by atoms with E-state index >= 15 is 0 Å². The molecule has 0 amide bonds. The van der Waals surface area contributed by atoms with Crippen molar-refractivity contribution in [3.8, 4) is 0 Å². The van der Waals surface area contributed by atoms with Gasteiger partial charge in [-0.25, -0.2) is 0 Å². The number of anilines is 1. The van der Waals surface area contributed by atoms with Crippen LogP contribution in [0, 0.1) is 0 Å². The maximum atomic E-state index is 3.84. The van der Waals surface area contributed by atoms with E-state index in [9.17, 15) is 0 Å². The molecule has 0 aliphatic heterocycles. The SMILES string of the molecule is C=C/C=C(\C=C)Nc1ccc2c(c1)C(C)(C)C1=C2CCC=C1.[HH]. The molecule has 0 bridgehead atoms. The summed E-state index contributed by atoms with van der Waals surface area (Å²) in [7, 11) is 0. The first-order valence-corrected chi connectivity index (χ1v) is 7.85. The van der Waals surface area contributed by atoms with Gasteiger partial charge in [0.1, 0.15) is 0 Å². The average molecular weight is 291 g/mol. The molecule has 2 aliphatic rings. The van der Waals surface area contributed by atoms with Crippen LogP contribution in [0.1, 0.15) is 39.2 Å². The summed E-state index contributed by atoms with van der Waals surface area (Å²) in [6, 6.07) is 6.70. The van der Waals surface area contributed by atoms with E-state index < -0.39 is 0 Å². The van der Waals surface area contributed by atoms with Gasteiger partial charge in [0, 0.05) is 18.2 Å². The van der Waals surface area contributed by atoms with Gasteiger partial charge in [-0.2, -0.15) is 0 Å². The van der Waals surface area contributed by atoms with E-state index in [1.165, 1.54) is 22.3 Å². The molecule has 1 heteroatoms. The highest BCUT2D eigenvalue weighted by atomic mass is 14.9. The highest BCUT2D eigenvalue weighted by molar-refractivity contribution is 5.84. The lowest BCUT2D eigenvalue weighted by Crippen LogP contribution is -2.16. The Morgan fingerprint density at radius 2 is 2.14 bits per heavy atom. The van der Waals surface area contributed by atoms with Gasteiger partial charge in [0.25, 0.3) is 0 Å². The summed E-state index contributed by atoms with van der Waals surface area (Å²) in [6.07, 6.45) is 12.4. The van der Waals surface area contributed by atoms with Crippen LogP contribution in [-0.2, 0) is 5.41 Å². The van der Waals surface area contributed by atoms with Gasteiger partial charge in [-0.15, -0.1) is 0 Å². The zero-order valence-corrected chi connectivity index (χ0v) is 13.4. The van der Waals surface area contributed by atoms with Gasteiger partial charge < -0.3 is 5.32 Å². The van der Waals surface area contributed by atoms with Crippen LogP contribution in [0.3, 0.4) is 0 Å². The van der Waals surface area contributed by atoms with Crippen molar-refractivity contribution in [1.82, 2.24) is 0 Å². The minimum absolute atomic E-state index is 0. The fourth-order valence-corrected chi connectivity index (χ4v) is 3.53. The predicted molar refractivity (Wildman–Crippen MR) is 99.0 cm³/mol. The highest BCUT2D eigenvalue weighted by Gasteiger charge is 2.36. The smallest absolute Gasteiger partial charge is 0.0387 e. The Balaban J connectivity index is 0.00000192. The molecule has 0 spiro atoms. The molecule has 2 aliphatic carbocycles. The molecule has 0 atom stereocenters. The van der Waals surface area contributed by atoms with Crippen molar-refractivity contribution in [2.75, 3.05) is 5.32 Å². The Kier molecular flexibility index (Phi) is 3.66. The molecule has 22 heavy (non-hydrogen) atoms. The van der Waals surface area contributed by atoms with Crippen molar-refractivity contribution in [2.24, 2.45) is 0 Å². The lowest BCUT2D eigenvalue weighted by Gasteiger charge is -2.24. The number of benzene rings is 1. The number of rotatable bonds is 4. The third-order valence-electron chi connectivity index (χ3n) is 4.67. The van der Waals surface area contributed by atoms with Gasteiger partial charge >= 0.3 is 0 Å². The van der Waals surface area contributed by atoms with Crippen LogP contribution in [0.15, 0.2) is 73.0 Å². The maximum absolute atomic E-state index is 3.84. The molecule has 0 unspecified atom stereocenters.